The maximum atomic E-state index is 13.7. The van der Waals surface area contributed by atoms with Crippen LogP contribution in [0.1, 0.15) is 6.92 Å². The molecule has 0 spiro atoms. The van der Waals surface area contributed by atoms with Crippen molar-refractivity contribution in [2.24, 2.45) is 0 Å². The summed E-state index contributed by atoms with van der Waals surface area (Å²) in [5, 5.41) is 11.8. The molecule has 0 radical (unpaired) electrons. The first-order valence-corrected chi connectivity index (χ1v) is 9.94. The predicted molar refractivity (Wildman–Crippen MR) is 108 cm³/mol. The Morgan fingerprint density at radius 1 is 1.24 bits per heavy atom. The van der Waals surface area contributed by atoms with Gasteiger partial charge in [-0.05, 0) is 37.3 Å². The van der Waals surface area contributed by atoms with Gasteiger partial charge in [0.2, 0.25) is 5.91 Å². The highest BCUT2D eigenvalue weighted by Gasteiger charge is 2.18. The van der Waals surface area contributed by atoms with E-state index < -0.39 is 17.5 Å². The van der Waals surface area contributed by atoms with E-state index in [1.165, 1.54) is 6.07 Å². The third-order valence-corrected chi connectivity index (χ3v) is 5.17. The lowest BCUT2D eigenvalue weighted by atomic mass is 10.2. The standard InChI is InChI=1S/C19H17ClF2N4O2S/c1-3-26-18(13-8-11(20)4-7-16(13)28-2)24-25-19(26)29-10-17(27)23-15-6-5-12(21)9-14(15)22/h4-9H,3,10H2,1-2H3,(H,23,27). The summed E-state index contributed by atoms with van der Waals surface area (Å²) >= 11 is 7.25. The second-order valence-electron chi connectivity index (χ2n) is 5.86. The number of aromatic nitrogens is 3. The summed E-state index contributed by atoms with van der Waals surface area (Å²) < 4.78 is 33.8. The van der Waals surface area contributed by atoms with E-state index >= 15 is 0 Å². The van der Waals surface area contributed by atoms with Crippen molar-refractivity contribution >= 4 is 35.0 Å². The number of rotatable bonds is 7. The van der Waals surface area contributed by atoms with Crippen LogP contribution in [0.15, 0.2) is 41.6 Å². The van der Waals surface area contributed by atoms with Crippen molar-refractivity contribution in [2.75, 3.05) is 18.2 Å². The van der Waals surface area contributed by atoms with Gasteiger partial charge in [0.05, 0.1) is 24.1 Å². The van der Waals surface area contributed by atoms with E-state index in [9.17, 15) is 13.6 Å². The first kappa shape index (κ1) is 21.1. The van der Waals surface area contributed by atoms with Crippen molar-refractivity contribution in [3.8, 4) is 17.1 Å². The Morgan fingerprint density at radius 3 is 2.72 bits per heavy atom. The van der Waals surface area contributed by atoms with Gasteiger partial charge < -0.3 is 14.6 Å². The number of ether oxygens (including phenoxy) is 1. The van der Waals surface area contributed by atoms with Gasteiger partial charge in [0.25, 0.3) is 0 Å². The Balaban J connectivity index is 1.76. The second-order valence-corrected chi connectivity index (χ2v) is 7.23. The molecule has 6 nitrogen and oxygen atoms in total. The van der Waals surface area contributed by atoms with Gasteiger partial charge >= 0.3 is 0 Å². The Bertz CT molecular complexity index is 1050. The van der Waals surface area contributed by atoms with Crippen LogP contribution in [0.25, 0.3) is 11.4 Å². The number of hydrogen-bond donors (Lipinski definition) is 1. The minimum absolute atomic E-state index is 0.0262. The molecule has 0 saturated carbocycles. The SMILES string of the molecule is CCn1c(SCC(=O)Nc2ccc(F)cc2F)nnc1-c1cc(Cl)ccc1OC. The van der Waals surface area contributed by atoms with Crippen molar-refractivity contribution in [1.82, 2.24) is 14.8 Å². The smallest absolute Gasteiger partial charge is 0.234 e. The van der Waals surface area contributed by atoms with Crippen molar-refractivity contribution in [1.29, 1.82) is 0 Å². The normalized spacial score (nSPS) is 10.8. The Labute approximate surface area is 175 Å². The van der Waals surface area contributed by atoms with Gasteiger partial charge in [-0.2, -0.15) is 0 Å². The van der Waals surface area contributed by atoms with Gasteiger partial charge in [-0.1, -0.05) is 23.4 Å². The number of carbonyl (C=O) groups is 1. The zero-order valence-electron chi connectivity index (χ0n) is 15.6. The number of hydrogen-bond acceptors (Lipinski definition) is 5. The van der Waals surface area contributed by atoms with Gasteiger partial charge in [-0.15, -0.1) is 10.2 Å². The maximum absolute atomic E-state index is 13.7. The predicted octanol–water partition coefficient (Wildman–Crippen LogP) is 4.64. The summed E-state index contributed by atoms with van der Waals surface area (Å²) in [5.41, 5.74) is 0.595. The second kappa shape index (κ2) is 9.23. The molecule has 29 heavy (non-hydrogen) atoms. The summed E-state index contributed by atoms with van der Waals surface area (Å²) in [6.45, 7) is 2.47. The number of benzene rings is 2. The molecule has 2 aromatic carbocycles. The van der Waals surface area contributed by atoms with E-state index in [0.29, 0.717) is 39.9 Å². The van der Waals surface area contributed by atoms with E-state index in [1.54, 1.807) is 25.3 Å². The monoisotopic (exact) mass is 438 g/mol. The number of carbonyl (C=O) groups excluding carboxylic acids is 1. The molecule has 0 atom stereocenters. The molecular formula is C19H17ClF2N4O2S. The summed E-state index contributed by atoms with van der Waals surface area (Å²) in [6, 6.07) is 8.14. The van der Waals surface area contributed by atoms with Crippen molar-refractivity contribution in [3.05, 3.63) is 53.1 Å². The third kappa shape index (κ3) is 4.86. The minimum atomic E-state index is -0.838. The molecule has 0 saturated heterocycles. The molecule has 152 valence electrons. The molecule has 0 unspecified atom stereocenters. The van der Waals surface area contributed by atoms with Crippen LogP contribution in [0.4, 0.5) is 14.5 Å². The molecule has 1 heterocycles. The summed E-state index contributed by atoms with van der Waals surface area (Å²) in [4.78, 5) is 12.2. The lowest BCUT2D eigenvalue weighted by molar-refractivity contribution is -0.113. The van der Waals surface area contributed by atoms with Crippen LogP contribution < -0.4 is 10.1 Å². The molecule has 10 heteroatoms. The lowest BCUT2D eigenvalue weighted by Gasteiger charge is -2.11. The molecule has 0 bridgehead atoms. The average molecular weight is 439 g/mol. The highest BCUT2D eigenvalue weighted by atomic mass is 35.5. The fraction of sp³-hybridized carbons (Fsp3) is 0.211. The molecule has 3 rings (SSSR count). The highest BCUT2D eigenvalue weighted by Crippen LogP contribution is 2.33. The van der Waals surface area contributed by atoms with E-state index in [0.717, 1.165) is 17.8 Å². The van der Waals surface area contributed by atoms with E-state index in [-0.39, 0.29) is 11.4 Å². The van der Waals surface area contributed by atoms with E-state index in [2.05, 4.69) is 15.5 Å². The minimum Gasteiger partial charge on any atom is -0.496 e. The zero-order valence-corrected chi connectivity index (χ0v) is 17.2. The molecule has 1 aromatic heterocycles. The number of thioether (sulfide) groups is 1. The third-order valence-electron chi connectivity index (χ3n) is 3.97. The molecule has 0 aliphatic carbocycles. The molecule has 3 aromatic rings. The lowest BCUT2D eigenvalue weighted by Crippen LogP contribution is -2.15. The molecule has 0 aliphatic rings. The number of amides is 1. The van der Waals surface area contributed by atoms with Crippen LogP contribution in [0.3, 0.4) is 0 Å². The first-order valence-electron chi connectivity index (χ1n) is 8.57. The van der Waals surface area contributed by atoms with Crippen LogP contribution in [0, 0.1) is 11.6 Å². The average Bonchev–Trinajstić information content (AvgIpc) is 3.11. The Morgan fingerprint density at radius 2 is 2.03 bits per heavy atom. The van der Waals surface area contributed by atoms with Gasteiger partial charge in [0, 0.05) is 17.6 Å². The quantitative estimate of drug-likeness (QED) is 0.544. The molecule has 0 fully saturated rings. The highest BCUT2D eigenvalue weighted by molar-refractivity contribution is 7.99. The van der Waals surface area contributed by atoms with Crippen molar-refractivity contribution < 1.29 is 18.3 Å². The van der Waals surface area contributed by atoms with E-state index in [1.807, 2.05) is 11.5 Å². The number of anilines is 1. The zero-order chi connectivity index (χ0) is 21.0. The number of nitrogens with zero attached hydrogens (tertiary/aromatic N) is 3. The van der Waals surface area contributed by atoms with Crippen molar-refractivity contribution in [3.63, 3.8) is 0 Å². The molecule has 0 aliphatic heterocycles. The molecule has 1 N–H and O–H groups in total. The van der Waals surface area contributed by atoms with Crippen molar-refractivity contribution in [2.45, 2.75) is 18.6 Å². The Kier molecular flexibility index (Phi) is 6.71. The number of halogens is 3. The Hall–Kier alpha value is -2.65. The number of nitrogens with one attached hydrogen (secondary N) is 1. The summed E-state index contributed by atoms with van der Waals surface area (Å²) in [5.74, 6) is -0.878. The summed E-state index contributed by atoms with van der Waals surface area (Å²) in [7, 11) is 1.55. The maximum Gasteiger partial charge on any atom is 0.234 e. The fourth-order valence-corrected chi connectivity index (χ4v) is 3.62. The van der Waals surface area contributed by atoms with Crippen LogP contribution in [-0.2, 0) is 11.3 Å². The van der Waals surface area contributed by atoms with Gasteiger partial charge in [-0.3, -0.25) is 4.79 Å². The van der Waals surface area contributed by atoms with Crippen LogP contribution in [0.5, 0.6) is 5.75 Å². The number of methoxy groups -OCH3 is 1. The van der Waals surface area contributed by atoms with Gasteiger partial charge in [-0.25, -0.2) is 8.78 Å². The summed E-state index contributed by atoms with van der Waals surface area (Å²) in [6.07, 6.45) is 0. The van der Waals surface area contributed by atoms with Crippen LogP contribution >= 0.6 is 23.4 Å². The van der Waals surface area contributed by atoms with Crippen LogP contribution in [-0.4, -0.2) is 33.5 Å². The molecule has 1 amide bonds. The molecular weight excluding hydrogens is 422 g/mol. The van der Waals surface area contributed by atoms with Crippen LogP contribution in [0.2, 0.25) is 5.02 Å². The van der Waals surface area contributed by atoms with Gasteiger partial charge in [0.15, 0.2) is 11.0 Å². The first-order chi connectivity index (χ1) is 13.9. The van der Waals surface area contributed by atoms with E-state index in [4.69, 9.17) is 16.3 Å². The fourth-order valence-electron chi connectivity index (χ4n) is 2.64. The largest absolute Gasteiger partial charge is 0.496 e. The van der Waals surface area contributed by atoms with Gasteiger partial charge in [0.1, 0.15) is 17.4 Å². The topological polar surface area (TPSA) is 69.0 Å².